The molecular formula is C12H14ClF2NO. The van der Waals surface area contributed by atoms with E-state index in [1.807, 2.05) is 0 Å². The van der Waals surface area contributed by atoms with E-state index in [0.29, 0.717) is 6.54 Å². The molecule has 0 aliphatic rings. The third-order valence-corrected chi connectivity index (χ3v) is 2.56. The first-order valence-electron chi connectivity index (χ1n) is 5.30. The van der Waals surface area contributed by atoms with E-state index in [9.17, 15) is 13.6 Å². The lowest BCUT2D eigenvalue weighted by molar-refractivity contribution is 0.0712. The first-order chi connectivity index (χ1) is 7.99. The SMILES string of the molecule is CC(C)N(CCCl)C(=O)c1cccc(F)c1F. The molecule has 2 nitrogen and oxygen atoms in total. The summed E-state index contributed by atoms with van der Waals surface area (Å²) >= 11 is 5.58. The molecule has 0 heterocycles. The number of carbonyl (C=O) groups excluding carboxylic acids is 1. The van der Waals surface area contributed by atoms with Gasteiger partial charge in [0, 0.05) is 18.5 Å². The number of benzene rings is 1. The quantitative estimate of drug-likeness (QED) is 0.763. The molecule has 0 unspecified atom stereocenters. The third-order valence-electron chi connectivity index (χ3n) is 2.39. The third kappa shape index (κ3) is 3.16. The molecule has 0 N–H and O–H groups in total. The van der Waals surface area contributed by atoms with Gasteiger partial charge in [-0.3, -0.25) is 4.79 Å². The number of hydrogen-bond donors (Lipinski definition) is 0. The van der Waals surface area contributed by atoms with Gasteiger partial charge in [-0.1, -0.05) is 6.07 Å². The summed E-state index contributed by atoms with van der Waals surface area (Å²) in [7, 11) is 0. The van der Waals surface area contributed by atoms with E-state index in [-0.39, 0.29) is 17.5 Å². The summed E-state index contributed by atoms with van der Waals surface area (Å²) < 4.78 is 26.5. The van der Waals surface area contributed by atoms with Crippen LogP contribution in [0.25, 0.3) is 0 Å². The van der Waals surface area contributed by atoms with Gasteiger partial charge in [0.25, 0.3) is 5.91 Å². The molecule has 1 amide bonds. The molecule has 0 spiro atoms. The van der Waals surface area contributed by atoms with Crippen molar-refractivity contribution in [1.29, 1.82) is 0 Å². The van der Waals surface area contributed by atoms with E-state index in [1.165, 1.54) is 17.0 Å². The van der Waals surface area contributed by atoms with E-state index in [1.54, 1.807) is 13.8 Å². The predicted octanol–water partition coefficient (Wildman–Crippen LogP) is 3.05. The van der Waals surface area contributed by atoms with Crippen molar-refractivity contribution in [3.05, 3.63) is 35.4 Å². The van der Waals surface area contributed by atoms with E-state index >= 15 is 0 Å². The number of alkyl halides is 1. The molecule has 0 radical (unpaired) electrons. The molecule has 0 aliphatic carbocycles. The largest absolute Gasteiger partial charge is 0.335 e. The second-order valence-corrected chi connectivity index (χ2v) is 4.26. The Bertz CT molecular complexity index is 409. The van der Waals surface area contributed by atoms with Gasteiger partial charge in [0.15, 0.2) is 11.6 Å². The van der Waals surface area contributed by atoms with Crippen LogP contribution in [0.15, 0.2) is 18.2 Å². The van der Waals surface area contributed by atoms with Crippen LogP contribution in [0, 0.1) is 11.6 Å². The molecule has 94 valence electrons. The van der Waals surface area contributed by atoms with Gasteiger partial charge in [-0.25, -0.2) is 8.78 Å². The molecule has 1 rings (SSSR count). The molecule has 0 saturated carbocycles. The molecule has 0 aromatic heterocycles. The van der Waals surface area contributed by atoms with Crippen LogP contribution in [0.4, 0.5) is 8.78 Å². The Morgan fingerprint density at radius 2 is 2.06 bits per heavy atom. The normalized spacial score (nSPS) is 10.7. The molecular weight excluding hydrogens is 248 g/mol. The lowest BCUT2D eigenvalue weighted by atomic mass is 10.1. The Labute approximate surface area is 104 Å². The lowest BCUT2D eigenvalue weighted by Gasteiger charge is -2.26. The number of amides is 1. The predicted molar refractivity (Wildman–Crippen MR) is 63.3 cm³/mol. The Morgan fingerprint density at radius 1 is 1.41 bits per heavy atom. The minimum absolute atomic E-state index is 0.121. The lowest BCUT2D eigenvalue weighted by Crippen LogP contribution is -2.38. The van der Waals surface area contributed by atoms with Crippen LogP contribution < -0.4 is 0 Å². The van der Waals surface area contributed by atoms with Crippen LogP contribution in [-0.2, 0) is 0 Å². The first-order valence-corrected chi connectivity index (χ1v) is 5.83. The van der Waals surface area contributed by atoms with Gasteiger partial charge in [-0.15, -0.1) is 11.6 Å². The summed E-state index contributed by atoms with van der Waals surface area (Å²) in [5.41, 5.74) is -0.260. The Morgan fingerprint density at radius 3 is 2.59 bits per heavy atom. The molecule has 17 heavy (non-hydrogen) atoms. The van der Waals surface area contributed by atoms with Crippen molar-refractivity contribution in [2.24, 2.45) is 0 Å². The van der Waals surface area contributed by atoms with E-state index in [0.717, 1.165) is 6.07 Å². The smallest absolute Gasteiger partial charge is 0.257 e. The van der Waals surface area contributed by atoms with Crippen LogP contribution in [0.1, 0.15) is 24.2 Å². The highest BCUT2D eigenvalue weighted by molar-refractivity contribution is 6.18. The van der Waals surface area contributed by atoms with Crippen molar-refractivity contribution in [1.82, 2.24) is 4.90 Å². The highest BCUT2D eigenvalue weighted by Gasteiger charge is 2.22. The van der Waals surface area contributed by atoms with Crippen molar-refractivity contribution in [3.63, 3.8) is 0 Å². The Kier molecular flexibility index (Phi) is 4.87. The monoisotopic (exact) mass is 261 g/mol. The zero-order valence-corrected chi connectivity index (χ0v) is 10.5. The standard InChI is InChI=1S/C12H14ClF2NO/c1-8(2)16(7-6-13)12(17)9-4-3-5-10(14)11(9)15/h3-5,8H,6-7H2,1-2H3. The molecule has 1 aromatic rings. The van der Waals surface area contributed by atoms with Crippen molar-refractivity contribution < 1.29 is 13.6 Å². The van der Waals surface area contributed by atoms with Crippen molar-refractivity contribution in [2.45, 2.75) is 19.9 Å². The fourth-order valence-electron chi connectivity index (χ4n) is 1.51. The minimum Gasteiger partial charge on any atom is -0.335 e. The highest BCUT2D eigenvalue weighted by atomic mass is 35.5. The van der Waals surface area contributed by atoms with Gasteiger partial charge in [0.2, 0.25) is 0 Å². The van der Waals surface area contributed by atoms with Gasteiger partial charge in [-0.2, -0.15) is 0 Å². The summed E-state index contributed by atoms with van der Waals surface area (Å²) in [6, 6.07) is 3.44. The van der Waals surface area contributed by atoms with E-state index in [2.05, 4.69) is 0 Å². The van der Waals surface area contributed by atoms with Crippen LogP contribution in [0.2, 0.25) is 0 Å². The number of nitrogens with zero attached hydrogens (tertiary/aromatic N) is 1. The Balaban J connectivity index is 3.05. The summed E-state index contributed by atoms with van der Waals surface area (Å²) in [6.07, 6.45) is 0. The van der Waals surface area contributed by atoms with Gasteiger partial charge < -0.3 is 4.90 Å². The fraction of sp³-hybridized carbons (Fsp3) is 0.417. The second kappa shape index (κ2) is 5.96. The molecule has 1 aromatic carbocycles. The number of halogens is 3. The number of carbonyl (C=O) groups is 1. The maximum Gasteiger partial charge on any atom is 0.257 e. The average molecular weight is 262 g/mol. The van der Waals surface area contributed by atoms with Crippen LogP contribution in [-0.4, -0.2) is 29.3 Å². The summed E-state index contributed by atoms with van der Waals surface area (Å²) in [5.74, 6) is -2.43. The Hall–Kier alpha value is -1.16. The van der Waals surface area contributed by atoms with E-state index in [4.69, 9.17) is 11.6 Å². The molecule has 0 saturated heterocycles. The summed E-state index contributed by atoms with van der Waals surface area (Å²) in [4.78, 5) is 13.4. The summed E-state index contributed by atoms with van der Waals surface area (Å²) in [6.45, 7) is 3.89. The molecule has 0 bridgehead atoms. The van der Waals surface area contributed by atoms with E-state index < -0.39 is 17.5 Å². The molecule has 0 aliphatic heterocycles. The van der Waals surface area contributed by atoms with Crippen molar-refractivity contribution in [2.75, 3.05) is 12.4 Å². The first kappa shape index (κ1) is 13.9. The molecule has 0 fully saturated rings. The maximum atomic E-state index is 13.5. The topological polar surface area (TPSA) is 20.3 Å². The zero-order valence-electron chi connectivity index (χ0n) is 9.71. The second-order valence-electron chi connectivity index (χ2n) is 3.88. The van der Waals surface area contributed by atoms with Gasteiger partial charge in [0.1, 0.15) is 0 Å². The van der Waals surface area contributed by atoms with Crippen LogP contribution in [0.3, 0.4) is 0 Å². The molecule has 5 heteroatoms. The maximum absolute atomic E-state index is 13.5. The van der Waals surface area contributed by atoms with Gasteiger partial charge >= 0.3 is 0 Å². The van der Waals surface area contributed by atoms with Crippen LogP contribution >= 0.6 is 11.6 Å². The zero-order chi connectivity index (χ0) is 13.0. The highest BCUT2D eigenvalue weighted by Crippen LogP contribution is 2.15. The number of hydrogen-bond acceptors (Lipinski definition) is 1. The van der Waals surface area contributed by atoms with Gasteiger partial charge in [-0.05, 0) is 26.0 Å². The molecule has 0 atom stereocenters. The number of rotatable bonds is 4. The fourth-order valence-corrected chi connectivity index (χ4v) is 1.69. The van der Waals surface area contributed by atoms with Gasteiger partial charge in [0.05, 0.1) is 5.56 Å². The average Bonchev–Trinajstić information content (AvgIpc) is 2.28. The van der Waals surface area contributed by atoms with Crippen LogP contribution in [0.5, 0.6) is 0 Å². The van der Waals surface area contributed by atoms with Crippen molar-refractivity contribution >= 4 is 17.5 Å². The summed E-state index contributed by atoms with van der Waals surface area (Å²) in [5, 5.41) is 0. The van der Waals surface area contributed by atoms with Crippen molar-refractivity contribution in [3.8, 4) is 0 Å². The minimum atomic E-state index is -1.11.